The van der Waals surface area contributed by atoms with Crippen LogP contribution in [0.25, 0.3) is 0 Å². The lowest BCUT2D eigenvalue weighted by molar-refractivity contribution is 0.0700. The van der Waals surface area contributed by atoms with Crippen molar-refractivity contribution in [3.05, 3.63) is 23.9 Å². The molecular formula is C13H23N. The molecule has 0 N–H and O–H groups in total. The molecule has 1 heteroatoms. The van der Waals surface area contributed by atoms with Gasteiger partial charge in [-0.1, -0.05) is 32.9 Å². The fourth-order valence-electron chi connectivity index (χ4n) is 1.55. The highest BCUT2D eigenvalue weighted by molar-refractivity contribution is 5.23. The van der Waals surface area contributed by atoms with Gasteiger partial charge in [0.05, 0.1) is 0 Å². The van der Waals surface area contributed by atoms with Crippen molar-refractivity contribution in [1.82, 2.24) is 4.90 Å². The lowest BCUT2D eigenvalue weighted by Crippen LogP contribution is -2.50. The van der Waals surface area contributed by atoms with Crippen LogP contribution in [0.15, 0.2) is 23.9 Å². The maximum atomic E-state index is 2.41. The van der Waals surface area contributed by atoms with Gasteiger partial charge in [-0.2, -0.15) is 0 Å². The van der Waals surface area contributed by atoms with E-state index in [-0.39, 0.29) is 11.0 Å². The van der Waals surface area contributed by atoms with E-state index in [4.69, 9.17) is 0 Å². The van der Waals surface area contributed by atoms with E-state index in [0.717, 1.165) is 6.42 Å². The summed E-state index contributed by atoms with van der Waals surface area (Å²) in [4.78, 5) is 2.41. The minimum atomic E-state index is 0.185. The molecule has 0 saturated heterocycles. The molecule has 0 saturated carbocycles. The second-order valence-electron chi connectivity index (χ2n) is 5.66. The predicted octanol–water partition coefficient (Wildman–Crippen LogP) is 3.59. The Kier molecular flexibility index (Phi) is 2.80. The lowest BCUT2D eigenvalue weighted by Gasteiger charge is -2.48. The Morgan fingerprint density at radius 3 is 2.07 bits per heavy atom. The maximum absolute atomic E-state index is 2.41. The van der Waals surface area contributed by atoms with E-state index in [1.165, 1.54) is 5.70 Å². The van der Waals surface area contributed by atoms with Gasteiger partial charge in [0.15, 0.2) is 0 Å². The molecule has 0 aliphatic heterocycles. The highest BCUT2D eigenvalue weighted by atomic mass is 15.2. The molecule has 1 nitrogen and oxygen atoms in total. The van der Waals surface area contributed by atoms with Crippen LogP contribution in [0.1, 0.15) is 41.0 Å². The van der Waals surface area contributed by atoms with Gasteiger partial charge in [0.1, 0.15) is 0 Å². The van der Waals surface area contributed by atoms with Crippen molar-refractivity contribution >= 4 is 0 Å². The first kappa shape index (κ1) is 11.4. The summed E-state index contributed by atoms with van der Waals surface area (Å²) in [5, 5.41) is 0. The first-order valence-corrected chi connectivity index (χ1v) is 5.36. The van der Waals surface area contributed by atoms with Gasteiger partial charge < -0.3 is 4.90 Å². The zero-order valence-corrected chi connectivity index (χ0v) is 10.4. The minimum Gasteiger partial charge on any atom is -0.372 e. The Morgan fingerprint density at radius 1 is 1.14 bits per heavy atom. The van der Waals surface area contributed by atoms with Gasteiger partial charge in [0.2, 0.25) is 0 Å². The lowest BCUT2D eigenvalue weighted by atomic mass is 9.75. The van der Waals surface area contributed by atoms with Gasteiger partial charge in [0.25, 0.3) is 0 Å². The van der Waals surface area contributed by atoms with E-state index in [9.17, 15) is 0 Å². The molecule has 0 fully saturated rings. The van der Waals surface area contributed by atoms with Crippen LogP contribution < -0.4 is 0 Å². The van der Waals surface area contributed by atoms with Gasteiger partial charge >= 0.3 is 0 Å². The van der Waals surface area contributed by atoms with E-state index < -0.39 is 0 Å². The molecule has 0 aromatic rings. The molecule has 0 aromatic carbocycles. The summed E-state index contributed by atoms with van der Waals surface area (Å²) >= 11 is 0. The standard InChI is InChI=1S/C13H23N/c1-12(2,3)13(4,5)14(6)11-9-7-8-10-11/h7-9H,10H2,1-6H3. The highest BCUT2D eigenvalue weighted by Crippen LogP contribution is 2.37. The SMILES string of the molecule is CN(C1=CC=CC1)C(C)(C)C(C)(C)C. The number of allylic oxidation sites excluding steroid dienone is 3. The fraction of sp³-hybridized carbons (Fsp3) is 0.692. The van der Waals surface area contributed by atoms with Crippen molar-refractivity contribution < 1.29 is 0 Å². The molecule has 0 unspecified atom stereocenters. The van der Waals surface area contributed by atoms with Crippen LogP contribution in [0.4, 0.5) is 0 Å². The van der Waals surface area contributed by atoms with E-state index in [0.29, 0.717) is 0 Å². The third kappa shape index (κ3) is 1.87. The Labute approximate surface area is 88.5 Å². The molecule has 0 radical (unpaired) electrons. The zero-order chi connectivity index (χ0) is 11.0. The molecule has 14 heavy (non-hydrogen) atoms. The summed E-state index contributed by atoms with van der Waals surface area (Å²) in [5.41, 5.74) is 1.89. The predicted molar refractivity (Wildman–Crippen MR) is 63.1 cm³/mol. The van der Waals surface area contributed by atoms with E-state index in [1.54, 1.807) is 0 Å². The largest absolute Gasteiger partial charge is 0.372 e. The van der Waals surface area contributed by atoms with E-state index >= 15 is 0 Å². The number of hydrogen-bond acceptors (Lipinski definition) is 1. The summed E-state index contributed by atoms with van der Waals surface area (Å²) in [6, 6.07) is 0. The van der Waals surface area contributed by atoms with Crippen molar-refractivity contribution in [2.24, 2.45) is 5.41 Å². The first-order valence-electron chi connectivity index (χ1n) is 5.36. The smallest absolute Gasteiger partial charge is 0.0388 e. The first-order chi connectivity index (χ1) is 6.27. The second-order valence-corrected chi connectivity index (χ2v) is 5.66. The van der Waals surface area contributed by atoms with Crippen LogP contribution in [-0.4, -0.2) is 17.5 Å². The third-order valence-corrected chi connectivity index (χ3v) is 3.86. The van der Waals surface area contributed by atoms with Crippen LogP contribution in [0.2, 0.25) is 0 Å². The van der Waals surface area contributed by atoms with Crippen molar-refractivity contribution in [1.29, 1.82) is 0 Å². The molecular weight excluding hydrogens is 170 g/mol. The van der Waals surface area contributed by atoms with Gasteiger partial charge in [-0.05, 0) is 25.3 Å². The summed E-state index contributed by atoms with van der Waals surface area (Å²) in [6.07, 6.45) is 7.65. The molecule has 0 bridgehead atoms. The van der Waals surface area contributed by atoms with Gasteiger partial charge in [-0.25, -0.2) is 0 Å². The molecule has 0 heterocycles. The van der Waals surface area contributed by atoms with Crippen LogP contribution >= 0.6 is 0 Å². The summed E-state index contributed by atoms with van der Waals surface area (Å²) in [7, 11) is 2.20. The van der Waals surface area contributed by atoms with Crippen molar-refractivity contribution in [2.75, 3.05) is 7.05 Å². The summed E-state index contributed by atoms with van der Waals surface area (Å²) in [6.45, 7) is 11.5. The van der Waals surface area contributed by atoms with E-state index in [2.05, 4.69) is 64.8 Å². The van der Waals surface area contributed by atoms with Crippen molar-refractivity contribution in [3.63, 3.8) is 0 Å². The number of hydrogen-bond donors (Lipinski definition) is 0. The molecule has 1 aliphatic rings. The molecule has 0 aromatic heterocycles. The van der Waals surface area contributed by atoms with Crippen LogP contribution in [0.5, 0.6) is 0 Å². The second kappa shape index (κ2) is 3.45. The van der Waals surface area contributed by atoms with Crippen LogP contribution in [-0.2, 0) is 0 Å². The van der Waals surface area contributed by atoms with Crippen molar-refractivity contribution in [3.8, 4) is 0 Å². The summed E-state index contributed by atoms with van der Waals surface area (Å²) < 4.78 is 0. The maximum Gasteiger partial charge on any atom is 0.0388 e. The molecule has 0 amide bonds. The Morgan fingerprint density at radius 2 is 1.71 bits per heavy atom. The monoisotopic (exact) mass is 193 g/mol. The molecule has 1 aliphatic carbocycles. The van der Waals surface area contributed by atoms with Gasteiger partial charge in [-0.15, -0.1) is 0 Å². The fourth-order valence-corrected chi connectivity index (χ4v) is 1.55. The topological polar surface area (TPSA) is 3.24 Å². The normalized spacial score (nSPS) is 17.1. The molecule has 80 valence electrons. The van der Waals surface area contributed by atoms with Gasteiger partial charge in [0, 0.05) is 24.7 Å². The number of rotatable bonds is 2. The van der Waals surface area contributed by atoms with Crippen LogP contribution in [0.3, 0.4) is 0 Å². The zero-order valence-electron chi connectivity index (χ0n) is 10.4. The van der Waals surface area contributed by atoms with E-state index in [1.807, 2.05) is 0 Å². The average molecular weight is 193 g/mol. The van der Waals surface area contributed by atoms with Gasteiger partial charge in [-0.3, -0.25) is 0 Å². The van der Waals surface area contributed by atoms with Crippen molar-refractivity contribution in [2.45, 2.75) is 46.6 Å². The highest BCUT2D eigenvalue weighted by Gasteiger charge is 2.37. The molecule has 1 rings (SSSR count). The quantitative estimate of drug-likeness (QED) is 0.648. The minimum absolute atomic E-state index is 0.185. The molecule has 0 spiro atoms. The average Bonchev–Trinajstić information content (AvgIpc) is 2.52. The Hall–Kier alpha value is -0.720. The Bertz CT molecular complexity index is 263. The Balaban J connectivity index is 2.83. The molecule has 0 atom stereocenters. The van der Waals surface area contributed by atoms with Crippen LogP contribution in [0, 0.1) is 5.41 Å². The number of nitrogens with zero attached hydrogens (tertiary/aromatic N) is 1. The third-order valence-electron chi connectivity index (χ3n) is 3.86. The summed E-state index contributed by atoms with van der Waals surface area (Å²) in [5.74, 6) is 0.